The minimum absolute atomic E-state index is 0. The zero-order chi connectivity index (χ0) is 13.0. The first-order valence-electron chi connectivity index (χ1n) is 6.52. The third-order valence-electron chi connectivity index (χ3n) is 3.46. The molecule has 1 atom stereocenters. The first kappa shape index (κ1) is 16.1. The normalized spacial score (nSPS) is 17.6. The van der Waals surface area contributed by atoms with Crippen molar-refractivity contribution in [2.24, 2.45) is 11.7 Å². The summed E-state index contributed by atoms with van der Waals surface area (Å²) in [6.07, 6.45) is 1.89. The van der Waals surface area contributed by atoms with Crippen LogP contribution in [0, 0.1) is 5.92 Å². The summed E-state index contributed by atoms with van der Waals surface area (Å²) < 4.78 is 10.7. The van der Waals surface area contributed by atoms with Crippen LogP contribution >= 0.6 is 12.4 Å². The van der Waals surface area contributed by atoms with Crippen molar-refractivity contribution >= 4 is 12.4 Å². The quantitative estimate of drug-likeness (QED) is 0.893. The monoisotopic (exact) mass is 287 g/mol. The molecule has 19 heavy (non-hydrogen) atoms. The summed E-state index contributed by atoms with van der Waals surface area (Å²) in [4.78, 5) is 0. The number of halogens is 1. The Balaban J connectivity index is 0.00000180. The SMILES string of the molecule is CCOc1cccc([C@H](N)C2CCOCC2)c1O.Cl. The summed E-state index contributed by atoms with van der Waals surface area (Å²) in [7, 11) is 0. The van der Waals surface area contributed by atoms with Gasteiger partial charge in [0.2, 0.25) is 0 Å². The van der Waals surface area contributed by atoms with E-state index in [1.54, 1.807) is 6.07 Å². The highest BCUT2D eigenvalue weighted by Crippen LogP contribution is 2.37. The molecule has 1 heterocycles. The summed E-state index contributed by atoms with van der Waals surface area (Å²) in [5, 5.41) is 10.2. The predicted molar refractivity (Wildman–Crippen MR) is 77.0 cm³/mol. The molecule has 2 rings (SSSR count). The molecule has 0 radical (unpaired) electrons. The van der Waals surface area contributed by atoms with E-state index in [1.165, 1.54) is 0 Å². The molecule has 1 aliphatic rings. The van der Waals surface area contributed by atoms with Crippen molar-refractivity contribution in [3.63, 3.8) is 0 Å². The van der Waals surface area contributed by atoms with Crippen LogP contribution in [0.5, 0.6) is 11.5 Å². The van der Waals surface area contributed by atoms with Crippen LogP contribution in [0.15, 0.2) is 18.2 Å². The zero-order valence-electron chi connectivity index (χ0n) is 11.2. The summed E-state index contributed by atoms with van der Waals surface area (Å²) in [5.74, 6) is 1.05. The largest absolute Gasteiger partial charge is 0.504 e. The molecule has 1 fully saturated rings. The summed E-state index contributed by atoms with van der Waals surface area (Å²) in [6, 6.07) is 5.35. The van der Waals surface area contributed by atoms with Crippen LogP contribution in [-0.2, 0) is 4.74 Å². The van der Waals surface area contributed by atoms with Gasteiger partial charge in [0.05, 0.1) is 6.61 Å². The van der Waals surface area contributed by atoms with E-state index in [2.05, 4.69) is 0 Å². The van der Waals surface area contributed by atoms with Crippen molar-refractivity contribution in [1.29, 1.82) is 0 Å². The Hall–Kier alpha value is -0.970. The van der Waals surface area contributed by atoms with E-state index in [0.717, 1.165) is 31.6 Å². The third kappa shape index (κ3) is 3.75. The molecule has 1 saturated heterocycles. The average Bonchev–Trinajstić information content (AvgIpc) is 2.42. The lowest BCUT2D eigenvalue weighted by Crippen LogP contribution is -2.27. The molecule has 1 aromatic carbocycles. The van der Waals surface area contributed by atoms with Gasteiger partial charge in [-0.2, -0.15) is 0 Å². The van der Waals surface area contributed by atoms with Gasteiger partial charge in [-0.15, -0.1) is 12.4 Å². The number of benzene rings is 1. The molecule has 0 spiro atoms. The molecule has 0 aliphatic carbocycles. The lowest BCUT2D eigenvalue weighted by Gasteiger charge is -2.28. The van der Waals surface area contributed by atoms with Gasteiger partial charge in [-0.1, -0.05) is 12.1 Å². The van der Waals surface area contributed by atoms with E-state index in [9.17, 15) is 5.11 Å². The van der Waals surface area contributed by atoms with Gasteiger partial charge in [0.15, 0.2) is 11.5 Å². The fraction of sp³-hybridized carbons (Fsp3) is 0.571. The zero-order valence-corrected chi connectivity index (χ0v) is 12.0. The van der Waals surface area contributed by atoms with Gasteiger partial charge in [0.25, 0.3) is 0 Å². The van der Waals surface area contributed by atoms with Crippen LogP contribution in [0.2, 0.25) is 0 Å². The molecule has 1 aromatic rings. The van der Waals surface area contributed by atoms with Gasteiger partial charge in [-0.3, -0.25) is 0 Å². The molecular weight excluding hydrogens is 266 g/mol. The van der Waals surface area contributed by atoms with Gasteiger partial charge in [0, 0.05) is 24.8 Å². The Morgan fingerprint density at radius 2 is 2.11 bits per heavy atom. The fourth-order valence-corrected chi connectivity index (χ4v) is 2.41. The number of hydrogen-bond acceptors (Lipinski definition) is 4. The number of phenols is 1. The summed E-state index contributed by atoms with van der Waals surface area (Å²) >= 11 is 0. The molecule has 0 amide bonds. The molecule has 1 aliphatic heterocycles. The van der Waals surface area contributed by atoms with E-state index in [0.29, 0.717) is 18.3 Å². The van der Waals surface area contributed by atoms with Gasteiger partial charge >= 0.3 is 0 Å². The van der Waals surface area contributed by atoms with Crippen LogP contribution < -0.4 is 10.5 Å². The standard InChI is InChI=1S/C14H21NO3.ClH/c1-2-18-12-5-3-4-11(14(12)16)13(15)10-6-8-17-9-7-10;/h3-5,10,13,16H,2,6-9,15H2,1H3;1H/t13-;/m1./s1. The minimum atomic E-state index is -0.158. The van der Waals surface area contributed by atoms with E-state index in [4.69, 9.17) is 15.2 Å². The topological polar surface area (TPSA) is 64.7 Å². The first-order chi connectivity index (χ1) is 8.74. The van der Waals surface area contributed by atoms with Crippen LogP contribution in [0.1, 0.15) is 31.4 Å². The molecule has 0 bridgehead atoms. The molecule has 5 heteroatoms. The first-order valence-corrected chi connectivity index (χ1v) is 6.52. The van der Waals surface area contributed by atoms with E-state index < -0.39 is 0 Å². The van der Waals surface area contributed by atoms with E-state index in [1.807, 2.05) is 19.1 Å². The van der Waals surface area contributed by atoms with Crippen LogP contribution in [0.4, 0.5) is 0 Å². The Bertz CT molecular complexity index is 394. The highest BCUT2D eigenvalue weighted by atomic mass is 35.5. The second-order valence-electron chi connectivity index (χ2n) is 4.60. The van der Waals surface area contributed by atoms with Crippen molar-refractivity contribution in [2.75, 3.05) is 19.8 Å². The Morgan fingerprint density at radius 3 is 2.74 bits per heavy atom. The number of rotatable bonds is 4. The second kappa shape index (κ2) is 7.58. The Morgan fingerprint density at radius 1 is 1.42 bits per heavy atom. The number of nitrogens with two attached hydrogens (primary N) is 1. The highest BCUT2D eigenvalue weighted by Gasteiger charge is 2.25. The molecule has 0 aromatic heterocycles. The van der Waals surface area contributed by atoms with Gasteiger partial charge in [-0.25, -0.2) is 0 Å². The lowest BCUT2D eigenvalue weighted by molar-refractivity contribution is 0.0580. The molecule has 108 valence electrons. The van der Waals surface area contributed by atoms with Crippen molar-refractivity contribution in [3.05, 3.63) is 23.8 Å². The van der Waals surface area contributed by atoms with Crippen LogP contribution in [0.3, 0.4) is 0 Å². The number of hydrogen-bond donors (Lipinski definition) is 2. The molecule has 0 saturated carbocycles. The molecule has 0 unspecified atom stereocenters. The lowest BCUT2D eigenvalue weighted by atomic mass is 9.87. The minimum Gasteiger partial charge on any atom is -0.504 e. The molecule has 3 N–H and O–H groups in total. The number of ether oxygens (including phenoxy) is 2. The molecular formula is C14H22ClNO3. The Kier molecular flexibility index (Phi) is 6.42. The summed E-state index contributed by atoms with van der Waals surface area (Å²) in [5.41, 5.74) is 7.04. The van der Waals surface area contributed by atoms with Crippen molar-refractivity contribution < 1.29 is 14.6 Å². The van der Waals surface area contributed by atoms with Gasteiger partial charge in [-0.05, 0) is 31.7 Å². The van der Waals surface area contributed by atoms with E-state index >= 15 is 0 Å². The fourth-order valence-electron chi connectivity index (χ4n) is 2.41. The van der Waals surface area contributed by atoms with Gasteiger partial charge in [0.1, 0.15) is 0 Å². The second-order valence-corrected chi connectivity index (χ2v) is 4.60. The third-order valence-corrected chi connectivity index (χ3v) is 3.46. The Labute approximate surface area is 120 Å². The smallest absolute Gasteiger partial charge is 0.162 e. The van der Waals surface area contributed by atoms with E-state index in [-0.39, 0.29) is 24.2 Å². The number of aromatic hydroxyl groups is 1. The maximum absolute atomic E-state index is 10.2. The maximum Gasteiger partial charge on any atom is 0.162 e. The van der Waals surface area contributed by atoms with Crippen molar-refractivity contribution in [1.82, 2.24) is 0 Å². The predicted octanol–water partition coefficient (Wildman–Crippen LogP) is 2.64. The average molecular weight is 288 g/mol. The number of phenolic OH excluding ortho intramolecular Hbond substituents is 1. The van der Waals surface area contributed by atoms with Crippen molar-refractivity contribution in [2.45, 2.75) is 25.8 Å². The molecule has 4 nitrogen and oxygen atoms in total. The van der Waals surface area contributed by atoms with Crippen molar-refractivity contribution in [3.8, 4) is 11.5 Å². The maximum atomic E-state index is 10.2. The van der Waals surface area contributed by atoms with Crippen LogP contribution in [0.25, 0.3) is 0 Å². The van der Waals surface area contributed by atoms with Crippen LogP contribution in [-0.4, -0.2) is 24.9 Å². The number of para-hydroxylation sites is 1. The van der Waals surface area contributed by atoms with Gasteiger partial charge < -0.3 is 20.3 Å². The summed E-state index contributed by atoms with van der Waals surface area (Å²) in [6.45, 7) is 3.93. The highest BCUT2D eigenvalue weighted by molar-refractivity contribution is 5.85.